The molecule has 0 aliphatic heterocycles. The van der Waals surface area contributed by atoms with Crippen molar-refractivity contribution >= 4 is 40.7 Å². The Morgan fingerprint density at radius 2 is 1.03 bits per heavy atom. The maximum Gasteiger partial charge on any atom is 0.363 e. The number of pyridine rings is 2. The van der Waals surface area contributed by atoms with E-state index in [1.54, 1.807) is 24.8 Å². The molecule has 175 valence electrons. The van der Waals surface area contributed by atoms with Crippen molar-refractivity contribution in [2.45, 2.75) is 13.8 Å². The summed E-state index contributed by atoms with van der Waals surface area (Å²) in [7, 11) is -6.52. The van der Waals surface area contributed by atoms with E-state index in [-0.39, 0.29) is 31.0 Å². The van der Waals surface area contributed by atoms with Crippen molar-refractivity contribution in [3.63, 3.8) is 0 Å². The summed E-state index contributed by atoms with van der Waals surface area (Å²) in [5.41, 5.74) is 1.32. The lowest BCUT2D eigenvalue weighted by Crippen LogP contribution is -1.76. The molecule has 2 aromatic heterocycles. The first kappa shape index (κ1) is 36.6. The molecule has 1 aromatic carbocycles. The van der Waals surface area contributed by atoms with Crippen molar-refractivity contribution in [1.82, 2.24) is 9.97 Å². The predicted molar refractivity (Wildman–Crippen MR) is 129 cm³/mol. The van der Waals surface area contributed by atoms with Crippen LogP contribution in [0.15, 0.2) is 91.5 Å². The molecule has 4 N–H and O–H groups in total. The fourth-order valence-electron chi connectivity index (χ4n) is 1.16. The second kappa shape index (κ2) is 26.3. The number of aromatic nitrogens is 2. The number of hydrogen-bond acceptors (Lipinski definition) is 4. The van der Waals surface area contributed by atoms with E-state index in [9.17, 15) is 4.57 Å². The highest BCUT2D eigenvalue weighted by Gasteiger charge is 2.05. The Kier molecular flexibility index (Phi) is 31.1. The first-order chi connectivity index (χ1) is 13.7. The van der Waals surface area contributed by atoms with Crippen LogP contribution in [0.3, 0.4) is 0 Å². The fraction of sp³-hybridized carbons (Fsp3) is 0.158. The van der Waals surface area contributed by atoms with Crippen LogP contribution in [0.5, 0.6) is 0 Å². The predicted octanol–water partition coefficient (Wildman–Crippen LogP) is 4.81. The molecule has 0 unspecified atom stereocenters. The van der Waals surface area contributed by atoms with Gasteiger partial charge in [0.05, 0.1) is 0 Å². The van der Waals surface area contributed by atoms with Crippen molar-refractivity contribution in [2.24, 2.45) is 0 Å². The Balaban J connectivity index is -0.000000146. The zero-order valence-corrected chi connectivity index (χ0v) is 20.5. The molecule has 0 fully saturated rings. The Morgan fingerprint density at radius 1 is 0.774 bits per heavy atom. The van der Waals surface area contributed by atoms with E-state index in [0.29, 0.717) is 0 Å². The Morgan fingerprint density at radius 3 is 1.13 bits per heavy atom. The highest BCUT2D eigenvalue weighted by molar-refractivity contribution is 7.51. The molecule has 0 saturated carbocycles. The second-order valence-electron chi connectivity index (χ2n) is 4.94. The molecule has 8 nitrogen and oxygen atoms in total. The maximum absolute atomic E-state index is 9.69. The monoisotopic (exact) mass is 513 g/mol. The van der Waals surface area contributed by atoms with E-state index >= 15 is 0 Å². The van der Waals surface area contributed by atoms with Gasteiger partial charge < -0.3 is 9.79 Å². The number of benzene rings is 1. The summed E-state index contributed by atoms with van der Waals surface area (Å²) >= 11 is 0. The molecule has 0 amide bonds. The quantitative estimate of drug-likeness (QED) is 0.339. The molecule has 0 bridgehead atoms. The van der Waals surface area contributed by atoms with Gasteiger partial charge in [-0.1, -0.05) is 55.0 Å². The van der Waals surface area contributed by atoms with Crippen molar-refractivity contribution in [1.29, 1.82) is 0 Å². The third-order valence-electron chi connectivity index (χ3n) is 2.49. The van der Waals surface area contributed by atoms with Crippen LogP contribution in [0.2, 0.25) is 0 Å². The molecular weight excluding hydrogens is 485 g/mol. The van der Waals surface area contributed by atoms with Crippen LogP contribution >= 0.6 is 40.7 Å². The zero-order chi connectivity index (χ0) is 22.4. The third-order valence-corrected chi connectivity index (χ3v) is 3.31. The smallest absolute Gasteiger partial charge is 0.324 e. The van der Waals surface area contributed by atoms with Crippen molar-refractivity contribution < 1.29 is 28.7 Å². The molecule has 0 aliphatic rings. The van der Waals surface area contributed by atoms with Crippen LogP contribution < -0.4 is 0 Å². The van der Waals surface area contributed by atoms with Crippen LogP contribution in [-0.4, -0.2) is 35.7 Å². The van der Waals surface area contributed by atoms with E-state index in [1.807, 2.05) is 54.6 Å². The van der Waals surface area contributed by atoms with Crippen molar-refractivity contribution in [3.05, 3.63) is 97.1 Å². The first-order valence-electron chi connectivity index (χ1n) is 8.30. The first-order valence-corrected chi connectivity index (χ1v) is 11.3. The van der Waals surface area contributed by atoms with E-state index in [1.165, 1.54) is 12.5 Å². The average Bonchev–Trinajstić information content (AvgIpc) is 2.72. The summed E-state index contributed by atoms with van der Waals surface area (Å²) in [6.45, 7) is 3.53. The van der Waals surface area contributed by atoms with Crippen LogP contribution in [0, 0.1) is 6.92 Å². The van der Waals surface area contributed by atoms with Crippen LogP contribution in [-0.2, 0) is 9.13 Å². The molecule has 3 aromatic rings. The highest BCUT2D eigenvalue weighted by atomic mass is 35.5. The third kappa shape index (κ3) is 43.1. The molecular formula is C19H29Cl2N2O6P2. The maximum atomic E-state index is 9.69. The minimum Gasteiger partial charge on any atom is -0.324 e. The van der Waals surface area contributed by atoms with E-state index < -0.39 is 15.9 Å². The average molecular weight is 514 g/mol. The van der Waals surface area contributed by atoms with E-state index in [2.05, 4.69) is 29.0 Å². The van der Waals surface area contributed by atoms with Gasteiger partial charge in [0, 0.05) is 30.9 Å². The van der Waals surface area contributed by atoms with Crippen molar-refractivity contribution in [2.75, 3.05) is 6.16 Å². The summed E-state index contributed by atoms with van der Waals surface area (Å²) in [5.74, 6) is 0. The molecule has 0 atom stereocenters. The van der Waals surface area contributed by atoms with Gasteiger partial charge in [0.1, 0.15) is 0 Å². The molecule has 31 heavy (non-hydrogen) atoms. The number of rotatable bonds is 1. The largest absolute Gasteiger partial charge is 0.363 e. The van der Waals surface area contributed by atoms with E-state index in [0.717, 1.165) is 0 Å². The van der Waals surface area contributed by atoms with Crippen LogP contribution in [0.1, 0.15) is 12.5 Å². The van der Waals surface area contributed by atoms with Crippen LogP contribution in [0.4, 0.5) is 0 Å². The Labute approximate surface area is 196 Å². The number of halogens is 2. The molecule has 1 radical (unpaired) electrons. The van der Waals surface area contributed by atoms with Gasteiger partial charge in [-0.3, -0.25) is 24.3 Å². The minimum atomic E-state index is -3.65. The SMILES string of the molecule is CCP(=O)(O)O.Cc1ccccc1.Cl.Cl.O=[P](O)O.c1ccncc1.c1ccncc1. The number of aryl methyl sites for hydroxylation is 1. The summed E-state index contributed by atoms with van der Waals surface area (Å²) < 4.78 is 18.4. The lowest BCUT2D eigenvalue weighted by atomic mass is 10.2. The Hall–Kier alpha value is -1.73. The van der Waals surface area contributed by atoms with Crippen molar-refractivity contribution in [3.8, 4) is 0 Å². The number of nitrogens with zero attached hydrogens (tertiary/aromatic N) is 2. The highest BCUT2D eigenvalue weighted by Crippen LogP contribution is 2.32. The van der Waals surface area contributed by atoms with Gasteiger partial charge in [-0.25, -0.2) is 4.57 Å². The molecule has 0 spiro atoms. The van der Waals surface area contributed by atoms with Gasteiger partial charge in [0.15, 0.2) is 0 Å². The Bertz CT molecular complexity index is 681. The van der Waals surface area contributed by atoms with Gasteiger partial charge in [-0.2, -0.15) is 0 Å². The van der Waals surface area contributed by atoms with Gasteiger partial charge in [0.2, 0.25) is 0 Å². The normalized spacial score (nSPS) is 8.19. The van der Waals surface area contributed by atoms with Gasteiger partial charge in [-0.05, 0) is 31.2 Å². The van der Waals surface area contributed by atoms with Gasteiger partial charge in [0.25, 0.3) is 0 Å². The van der Waals surface area contributed by atoms with Crippen LogP contribution in [0.25, 0.3) is 0 Å². The zero-order valence-electron chi connectivity index (χ0n) is 17.1. The van der Waals surface area contributed by atoms with E-state index in [4.69, 9.17) is 24.1 Å². The topological polar surface area (TPSA) is 141 Å². The molecule has 0 aliphatic carbocycles. The molecule has 2 heterocycles. The van der Waals surface area contributed by atoms with Gasteiger partial charge in [-0.15, -0.1) is 24.8 Å². The molecule has 3 rings (SSSR count). The lowest BCUT2D eigenvalue weighted by molar-refractivity contribution is 0.374. The summed E-state index contributed by atoms with van der Waals surface area (Å²) in [6.07, 6.45) is 6.94. The minimum absolute atomic E-state index is 0. The number of hydrogen-bond donors (Lipinski definition) is 4. The summed E-state index contributed by atoms with van der Waals surface area (Å²) in [4.78, 5) is 37.7. The summed E-state index contributed by atoms with van der Waals surface area (Å²) in [5, 5.41) is 0. The molecule has 0 saturated heterocycles. The molecule has 12 heteroatoms. The standard InChI is InChI=1S/C7H8.2C5H5N.C2H7O3P.2ClH.H2O3P/c1-7-5-3-2-4-6-7;2*1-2-4-6-5-3-1;1-2-6(3,4)5;;;1-4(2)3/h2-6H,1H3;2*1-5H;2H2,1H3,(H2,3,4,5);2*1H;(H2,1,2,3). The second-order valence-corrected chi connectivity index (χ2v) is 7.40. The van der Waals surface area contributed by atoms with Gasteiger partial charge >= 0.3 is 15.9 Å². The summed E-state index contributed by atoms with van der Waals surface area (Å²) in [6, 6.07) is 21.7. The fourth-order valence-corrected chi connectivity index (χ4v) is 1.16. The lowest BCUT2D eigenvalue weighted by Gasteiger charge is -1.92.